The molecule has 0 N–H and O–H groups in total. The summed E-state index contributed by atoms with van der Waals surface area (Å²) in [5.74, 6) is 0.654. The zero-order valence-electron chi connectivity index (χ0n) is 6.80. The predicted molar refractivity (Wildman–Crippen MR) is 43.4 cm³/mol. The SMILES string of the molecule is CCSc1nccc(C(F)(F)F)n1. The summed E-state index contributed by atoms with van der Waals surface area (Å²) in [7, 11) is 0. The molecule has 72 valence electrons. The third-order valence-corrected chi connectivity index (χ3v) is 1.94. The molecule has 0 saturated carbocycles. The van der Waals surface area contributed by atoms with Crippen LogP contribution in [0.3, 0.4) is 0 Å². The van der Waals surface area contributed by atoms with Crippen LogP contribution in [-0.4, -0.2) is 15.7 Å². The van der Waals surface area contributed by atoms with Gasteiger partial charge < -0.3 is 0 Å². The molecule has 0 spiro atoms. The second-order valence-corrected chi connectivity index (χ2v) is 3.39. The summed E-state index contributed by atoms with van der Waals surface area (Å²) in [6, 6.07) is 0.861. The molecule has 1 heterocycles. The highest BCUT2D eigenvalue weighted by Gasteiger charge is 2.32. The lowest BCUT2D eigenvalue weighted by atomic mass is 10.4. The Bertz CT molecular complexity index is 287. The Hall–Kier alpha value is -0.780. The van der Waals surface area contributed by atoms with Gasteiger partial charge in [0.25, 0.3) is 0 Å². The smallest absolute Gasteiger partial charge is 0.231 e. The van der Waals surface area contributed by atoms with E-state index in [1.807, 2.05) is 6.92 Å². The molecule has 0 fully saturated rings. The van der Waals surface area contributed by atoms with Gasteiger partial charge in [0.05, 0.1) is 0 Å². The standard InChI is InChI=1S/C7H7F3N2S/c1-2-13-6-11-4-3-5(12-6)7(8,9)10/h3-4H,2H2,1H3. The van der Waals surface area contributed by atoms with Gasteiger partial charge in [-0.05, 0) is 11.8 Å². The fourth-order valence-corrected chi connectivity index (χ4v) is 1.25. The fourth-order valence-electron chi connectivity index (χ4n) is 0.697. The number of hydrogen-bond donors (Lipinski definition) is 0. The minimum Gasteiger partial charge on any atom is -0.231 e. The van der Waals surface area contributed by atoms with Gasteiger partial charge in [-0.25, -0.2) is 9.97 Å². The van der Waals surface area contributed by atoms with E-state index in [0.717, 1.165) is 12.3 Å². The fraction of sp³-hybridized carbons (Fsp3) is 0.429. The summed E-state index contributed by atoms with van der Waals surface area (Å²) < 4.78 is 36.3. The van der Waals surface area contributed by atoms with Gasteiger partial charge in [-0.2, -0.15) is 13.2 Å². The first-order valence-electron chi connectivity index (χ1n) is 3.57. The van der Waals surface area contributed by atoms with Crippen LogP contribution in [-0.2, 0) is 6.18 Å². The number of rotatable bonds is 2. The van der Waals surface area contributed by atoms with Crippen molar-refractivity contribution in [2.24, 2.45) is 0 Å². The van der Waals surface area contributed by atoms with Crippen LogP contribution in [0.1, 0.15) is 12.6 Å². The Labute approximate surface area is 77.6 Å². The molecular weight excluding hydrogens is 201 g/mol. The summed E-state index contributed by atoms with van der Waals surface area (Å²) in [5.41, 5.74) is -0.890. The van der Waals surface area contributed by atoms with Crippen LogP contribution in [0.5, 0.6) is 0 Å². The largest absolute Gasteiger partial charge is 0.433 e. The van der Waals surface area contributed by atoms with Crippen molar-refractivity contribution < 1.29 is 13.2 Å². The van der Waals surface area contributed by atoms with Gasteiger partial charge in [0.2, 0.25) is 0 Å². The van der Waals surface area contributed by atoms with Crippen LogP contribution in [0.25, 0.3) is 0 Å². The first kappa shape index (κ1) is 10.3. The topological polar surface area (TPSA) is 25.8 Å². The van der Waals surface area contributed by atoms with E-state index in [1.54, 1.807) is 0 Å². The number of aromatic nitrogens is 2. The molecule has 1 aromatic heterocycles. The average Bonchev–Trinajstić information content (AvgIpc) is 2.04. The second-order valence-electron chi connectivity index (χ2n) is 2.16. The first-order valence-corrected chi connectivity index (χ1v) is 4.55. The van der Waals surface area contributed by atoms with Crippen molar-refractivity contribution in [3.63, 3.8) is 0 Å². The van der Waals surface area contributed by atoms with Gasteiger partial charge in [0, 0.05) is 6.20 Å². The van der Waals surface area contributed by atoms with Gasteiger partial charge in [0.15, 0.2) is 5.16 Å². The van der Waals surface area contributed by atoms with Crippen molar-refractivity contribution in [1.82, 2.24) is 9.97 Å². The van der Waals surface area contributed by atoms with Crippen LogP contribution in [0.4, 0.5) is 13.2 Å². The molecule has 0 aliphatic heterocycles. The Morgan fingerprint density at radius 1 is 1.46 bits per heavy atom. The maximum absolute atomic E-state index is 12.1. The Balaban J connectivity index is 2.92. The lowest BCUT2D eigenvalue weighted by Crippen LogP contribution is -2.08. The molecule has 1 rings (SSSR count). The van der Waals surface area contributed by atoms with E-state index in [-0.39, 0.29) is 5.16 Å². The molecule has 2 nitrogen and oxygen atoms in total. The van der Waals surface area contributed by atoms with Crippen LogP contribution in [0.15, 0.2) is 17.4 Å². The maximum Gasteiger partial charge on any atom is 0.433 e. The summed E-state index contributed by atoms with van der Waals surface area (Å²) in [5, 5.41) is 0.164. The first-order chi connectivity index (χ1) is 6.04. The molecule has 0 bridgehead atoms. The van der Waals surface area contributed by atoms with Crippen LogP contribution < -0.4 is 0 Å². The van der Waals surface area contributed by atoms with E-state index < -0.39 is 11.9 Å². The van der Waals surface area contributed by atoms with E-state index in [0.29, 0.717) is 5.75 Å². The van der Waals surface area contributed by atoms with E-state index in [2.05, 4.69) is 9.97 Å². The molecule has 0 amide bonds. The minimum atomic E-state index is -4.38. The number of alkyl halides is 3. The predicted octanol–water partition coefficient (Wildman–Crippen LogP) is 2.61. The number of halogens is 3. The quantitative estimate of drug-likeness (QED) is 0.552. The number of thioether (sulfide) groups is 1. The van der Waals surface area contributed by atoms with Crippen LogP contribution in [0, 0.1) is 0 Å². The molecule has 13 heavy (non-hydrogen) atoms. The molecular formula is C7H7F3N2S. The van der Waals surface area contributed by atoms with E-state index in [4.69, 9.17) is 0 Å². The lowest BCUT2D eigenvalue weighted by molar-refractivity contribution is -0.141. The summed E-state index contributed by atoms with van der Waals surface area (Å²) in [6.45, 7) is 1.83. The molecule has 0 aliphatic carbocycles. The highest BCUT2D eigenvalue weighted by atomic mass is 32.2. The highest BCUT2D eigenvalue weighted by molar-refractivity contribution is 7.99. The van der Waals surface area contributed by atoms with E-state index in [9.17, 15) is 13.2 Å². The zero-order valence-corrected chi connectivity index (χ0v) is 7.61. The van der Waals surface area contributed by atoms with Crippen molar-refractivity contribution in [1.29, 1.82) is 0 Å². The van der Waals surface area contributed by atoms with Crippen molar-refractivity contribution in [2.75, 3.05) is 5.75 Å². The van der Waals surface area contributed by atoms with Gasteiger partial charge in [-0.1, -0.05) is 18.7 Å². The molecule has 6 heteroatoms. The third-order valence-electron chi connectivity index (χ3n) is 1.20. The summed E-state index contributed by atoms with van der Waals surface area (Å²) >= 11 is 1.18. The molecule has 0 saturated heterocycles. The van der Waals surface area contributed by atoms with Crippen molar-refractivity contribution in [3.05, 3.63) is 18.0 Å². The van der Waals surface area contributed by atoms with Crippen LogP contribution >= 0.6 is 11.8 Å². The third kappa shape index (κ3) is 2.87. The highest BCUT2D eigenvalue weighted by Crippen LogP contribution is 2.28. The monoisotopic (exact) mass is 208 g/mol. The Morgan fingerprint density at radius 2 is 2.15 bits per heavy atom. The van der Waals surface area contributed by atoms with Gasteiger partial charge in [-0.15, -0.1) is 0 Å². The number of hydrogen-bond acceptors (Lipinski definition) is 3. The van der Waals surface area contributed by atoms with Gasteiger partial charge in [0.1, 0.15) is 5.69 Å². The van der Waals surface area contributed by atoms with E-state index in [1.165, 1.54) is 11.8 Å². The molecule has 0 radical (unpaired) electrons. The zero-order chi connectivity index (χ0) is 9.90. The van der Waals surface area contributed by atoms with Crippen LogP contribution in [0.2, 0.25) is 0 Å². The lowest BCUT2D eigenvalue weighted by Gasteiger charge is -2.05. The molecule has 0 aliphatic rings. The second kappa shape index (κ2) is 3.95. The molecule has 0 aromatic carbocycles. The number of nitrogens with zero attached hydrogens (tertiary/aromatic N) is 2. The minimum absolute atomic E-state index is 0.164. The Morgan fingerprint density at radius 3 is 2.69 bits per heavy atom. The molecule has 0 atom stereocenters. The normalized spacial score (nSPS) is 11.7. The Kier molecular flexibility index (Phi) is 3.13. The van der Waals surface area contributed by atoms with E-state index >= 15 is 0 Å². The molecule has 1 aromatic rings. The van der Waals surface area contributed by atoms with Gasteiger partial charge >= 0.3 is 6.18 Å². The summed E-state index contributed by atoms with van der Waals surface area (Å²) in [6.07, 6.45) is -3.26. The maximum atomic E-state index is 12.1. The van der Waals surface area contributed by atoms with Crippen molar-refractivity contribution in [3.8, 4) is 0 Å². The van der Waals surface area contributed by atoms with Gasteiger partial charge in [-0.3, -0.25) is 0 Å². The summed E-state index contributed by atoms with van der Waals surface area (Å²) in [4.78, 5) is 7.06. The van der Waals surface area contributed by atoms with Crippen molar-refractivity contribution in [2.45, 2.75) is 18.3 Å². The van der Waals surface area contributed by atoms with Crippen molar-refractivity contribution >= 4 is 11.8 Å². The average molecular weight is 208 g/mol. The molecule has 0 unspecified atom stereocenters.